The predicted molar refractivity (Wildman–Crippen MR) is 78.2 cm³/mol. The van der Waals surface area contributed by atoms with Crippen LogP contribution >= 0.6 is 15.9 Å². The summed E-state index contributed by atoms with van der Waals surface area (Å²) in [5.74, 6) is 0.0184. The lowest BCUT2D eigenvalue weighted by Crippen LogP contribution is -2.34. The van der Waals surface area contributed by atoms with E-state index < -0.39 is 0 Å². The second kappa shape index (κ2) is 6.74. The highest BCUT2D eigenvalue weighted by Crippen LogP contribution is 2.17. The van der Waals surface area contributed by atoms with Crippen molar-refractivity contribution in [1.82, 2.24) is 5.32 Å². The van der Waals surface area contributed by atoms with Gasteiger partial charge in [-0.15, -0.1) is 0 Å². The molecule has 1 fully saturated rings. The summed E-state index contributed by atoms with van der Waals surface area (Å²) in [7, 11) is 0. The first-order chi connectivity index (χ1) is 8.74. The predicted octanol–water partition coefficient (Wildman–Crippen LogP) is 3.91. The van der Waals surface area contributed by atoms with Crippen LogP contribution in [0.15, 0.2) is 34.8 Å². The smallest absolute Gasteiger partial charge is 0.244 e. The van der Waals surface area contributed by atoms with E-state index in [-0.39, 0.29) is 5.91 Å². The highest BCUT2D eigenvalue weighted by atomic mass is 79.9. The third-order valence-corrected chi connectivity index (χ3v) is 3.78. The van der Waals surface area contributed by atoms with Crippen molar-refractivity contribution in [2.24, 2.45) is 0 Å². The van der Waals surface area contributed by atoms with Gasteiger partial charge in [0.15, 0.2) is 0 Å². The molecule has 1 amide bonds. The average molecular weight is 308 g/mol. The van der Waals surface area contributed by atoms with Gasteiger partial charge in [0, 0.05) is 16.6 Å². The van der Waals surface area contributed by atoms with Gasteiger partial charge in [-0.2, -0.15) is 0 Å². The van der Waals surface area contributed by atoms with Gasteiger partial charge in [0.25, 0.3) is 0 Å². The number of hydrogen-bond acceptors (Lipinski definition) is 1. The van der Waals surface area contributed by atoms with E-state index >= 15 is 0 Å². The van der Waals surface area contributed by atoms with E-state index in [9.17, 15) is 4.79 Å². The summed E-state index contributed by atoms with van der Waals surface area (Å²) in [5, 5.41) is 3.07. The summed E-state index contributed by atoms with van der Waals surface area (Å²) in [4.78, 5) is 11.7. The number of rotatable bonds is 3. The molecule has 1 N–H and O–H groups in total. The fraction of sp³-hybridized carbons (Fsp3) is 0.400. The molecule has 1 aliphatic rings. The van der Waals surface area contributed by atoms with E-state index in [2.05, 4.69) is 21.2 Å². The van der Waals surface area contributed by atoms with Crippen LogP contribution in [0, 0.1) is 0 Å². The van der Waals surface area contributed by atoms with Crippen LogP contribution in [0.1, 0.15) is 37.7 Å². The monoisotopic (exact) mass is 307 g/mol. The minimum atomic E-state index is 0.0184. The second-order valence-electron chi connectivity index (χ2n) is 4.73. The fourth-order valence-electron chi connectivity index (χ4n) is 2.24. The molecular weight excluding hydrogens is 290 g/mol. The quantitative estimate of drug-likeness (QED) is 0.843. The average Bonchev–Trinajstić information content (AvgIpc) is 2.39. The zero-order chi connectivity index (χ0) is 12.8. The SMILES string of the molecule is O=C(/C=C/c1ccc(Br)cc1)NC1CCCCC1. The summed E-state index contributed by atoms with van der Waals surface area (Å²) in [6.07, 6.45) is 9.50. The molecule has 3 heteroatoms. The van der Waals surface area contributed by atoms with Gasteiger partial charge in [0.2, 0.25) is 5.91 Å². The Hall–Kier alpha value is -1.09. The summed E-state index contributed by atoms with van der Waals surface area (Å²) in [6, 6.07) is 8.28. The zero-order valence-corrected chi connectivity index (χ0v) is 11.9. The Bertz CT molecular complexity index is 419. The van der Waals surface area contributed by atoms with Crippen molar-refractivity contribution in [3.63, 3.8) is 0 Å². The standard InChI is InChI=1S/C15H18BrNO/c16-13-9-6-12(7-10-13)8-11-15(18)17-14-4-2-1-3-5-14/h6-11,14H,1-5H2,(H,17,18)/b11-8+. The largest absolute Gasteiger partial charge is 0.350 e. The number of carbonyl (C=O) groups is 1. The molecule has 0 aromatic heterocycles. The Morgan fingerprint density at radius 2 is 1.83 bits per heavy atom. The number of carbonyl (C=O) groups excluding carboxylic acids is 1. The van der Waals surface area contributed by atoms with Gasteiger partial charge in [0.05, 0.1) is 0 Å². The van der Waals surface area contributed by atoms with Crippen molar-refractivity contribution in [3.8, 4) is 0 Å². The van der Waals surface area contributed by atoms with Crippen LogP contribution < -0.4 is 5.32 Å². The summed E-state index contributed by atoms with van der Waals surface area (Å²) in [6.45, 7) is 0. The van der Waals surface area contributed by atoms with Crippen LogP contribution in [-0.2, 0) is 4.79 Å². The third-order valence-electron chi connectivity index (χ3n) is 3.25. The maximum Gasteiger partial charge on any atom is 0.244 e. The minimum Gasteiger partial charge on any atom is -0.350 e. The zero-order valence-electron chi connectivity index (χ0n) is 10.4. The van der Waals surface area contributed by atoms with E-state index in [1.807, 2.05) is 30.3 Å². The Morgan fingerprint density at radius 3 is 2.50 bits per heavy atom. The summed E-state index contributed by atoms with van der Waals surface area (Å²) in [5.41, 5.74) is 1.04. The van der Waals surface area contributed by atoms with E-state index in [0.717, 1.165) is 22.9 Å². The molecule has 0 atom stereocenters. The van der Waals surface area contributed by atoms with Crippen LogP contribution in [0.3, 0.4) is 0 Å². The molecule has 0 unspecified atom stereocenters. The third kappa shape index (κ3) is 4.30. The lowest BCUT2D eigenvalue weighted by Gasteiger charge is -2.21. The normalized spacial score (nSPS) is 16.9. The molecule has 2 nitrogen and oxygen atoms in total. The van der Waals surface area contributed by atoms with E-state index in [4.69, 9.17) is 0 Å². The number of benzene rings is 1. The highest BCUT2D eigenvalue weighted by Gasteiger charge is 2.13. The minimum absolute atomic E-state index is 0.0184. The van der Waals surface area contributed by atoms with Gasteiger partial charge in [-0.3, -0.25) is 4.79 Å². The van der Waals surface area contributed by atoms with Gasteiger partial charge in [0.1, 0.15) is 0 Å². The lowest BCUT2D eigenvalue weighted by molar-refractivity contribution is -0.117. The molecular formula is C15H18BrNO. The summed E-state index contributed by atoms with van der Waals surface area (Å²) < 4.78 is 1.05. The molecule has 1 aromatic carbocycles. The van der Waals surface area contributed by atoms with Crippen molar-refractivity contribution < 1.29 is 4.79 Å². The molecule has 0 bridgehead atoms. The van der Waals surface area contributed by atoms with Crippen molar-refractivity contribution in [2.75, 3.05) is 0 Å². The van der Waals surface area contributed by atoms with E-state index in [0.29, 0.717) is 6.04 Å². The van der Waals surface area contributed by atoms with E-state index in [1.165, 1.54) is 19.3 Å². The summed E-state index contributed by atoms with van der Waals surface area (Å²) >= 11 is 3.39. The molecule has 0 heterocycles. The van der Waals surface area contributed by atoms with Gasteiger partial charge < -0.3 is 5.32 Å². The van der Waals surface area contributed by atoms with Gasteiger partial charge >= 0.3 is 0 Å². The molecule has 0 aliphatic heterocycles. The molecule has 0 radical (unpaired) electrons. The highest BCUT2D eigenvalue weighted by molar-refractivity contribution is 9.10. The van der Waals surface area contributed by atoms with E-state index in [1.54, 1.807) is 6.08 Å². The number of amides is 1. The van der Waals surface area contributed by atoms with Crippen molar-refractivity contribution in [2.45, 2.75) is 38.1 Å². The Labute approximate surface area is 117 Å². The van der Waals surface area contributed by atoms with Crippen molar-refractivity contribution >= 4 is 27.9 Å². The maximum absolute atomic E-state index is 11.7. The molecule has 2 rings (SSSR count). The van der Waals surface area contributed by atoms with Crippen LogP contribution in [0.4, 0.5) is 0 Å². The molecule has 18 heavy (non-hydrogen) atoms. The fourth-order valence-corrected chi connectivity index (χ4v) is 2.51. The van der Waals surface area contributed by atoms with Crippen molar-refractivity contribution in [1.29, 1.82) is 0 Å². The topological polar surface area (TPSA) is 29.1 Å². The van der Waals surface area contributed by atoms with Gasteiger partial charge in [-0.1, -0.05) is 47.3 Å². The Kier molecular flexibility index (Phi) is 5.00. The maximum atomic E-state index is 11.7. The van der Waals surface area contributed by atoms with Gasteiger partial charge in [-0.25, -0.2) is 0 Å². The Morgan fingerprint density at radius 1 is 1.17 bits per heavy atom. The molecule has 1 aliphatic carbocycles. The lowest BCUT2D eigenvalue weighted by atomic mass is 9.95. The van der Waals surface area contributed by atoms with Crippen LogP contribution in [0.5, 0.6) is 0 Å². The molecule has 0 spiro atoms. The van der Waals surface area contributed by atoms with Crippen LogP contribution in [0.2, 0.25) is 0 Å². The van der Waals surface area contributed by atoms with Crippen LogP contribution in [0.25, 0.3) is 6.08 Å². The number of nitrogens with one attached hydrogen (secondary N) is 1. The molecule has 96 valence electrons. The first-order valence-electron chi connectivity index (χ1n) is 6.48. The van der Waals surface area contributed by atoms with Crippen LogP contribution in [-0.4, -0.2) is 11.9 Å². The Balaban J connectivity index is 1.84. The van der Waals surface area contributed by atoms with Crippen molar-refractivity contribution in [3.05, 3.63) is 40.4 Å². The number of hydrogen-bond donors (Lipinski definition) is 1. The first-order valence-corrected chi connectivity index (χ1v) is 7.27. The van der Waals surface area contributed by atoms with Gasteiger partial charge in [-0.05, 0) is 36.6 Å². The molecule has 0 saturated heterocycles. The first kappa shape index (κ1) is 13.3. The number of halogens is 1. The second-order valence-corrected chi connectivity index (χ2v) is 5.64. The molecule has 1 aromatic rings. The molecule has 1 saturated carbocycles.